The predicted octanol–water partition coefficient (Wildman–Crippen LogP) is 5.03. The lowest BCUT2D eigenvalue weighted by Crippen LogP contribution is -2.19. The first-order valence-corrected chi connectivity index (χ1v) is 10.1. The number of nitrogens with one attached hydrogen (secondary N) is 1. The molecule has 0 aliphatic heterocycles. The second kappa shape index (κ2) is 10.1. The molecule has 3 aromatic carbocycles. The van der Waals surface area contributed by atoms with Crippen molar-refractivity contribution in [2.75, 3.05) is 32.6 Å². The minimum absolute atomic E-state index is 0.571. The molecule has 6 heteroatoms. The van der Waals surface area contributed by atoms with E-state index in [-0.39, 0.29) is 0 Å². The van der Waals surface area contributed by atoms with Gasteiger partial charge in [0, 0.05) is 22.8 Å². The van der Waals surface area contributed by atoms with Crippen LogP contribution in [0.5, 0.6) is 5.75 Å². The molecule has 0 aliphatic carbocycles. The molecule has 0 unspecified atom stereocenters. The van der Waals surface area contributed by atoms with Crippen LogP contribution in [0.15, 0.2) is 66.7 Å². The molecule has 5 nitrogen and oxygen atoms in total. The summed E-state index contributed by atoms with van der Waals surface area (Å²) in [5, 5.41) is 3.26. The second-order valence-corrected chi connectivity index (χ2v) is 7.79. The summed E-state index contributed by atoms with van der Waals surface area (Å²) in [6.45, 7) is 1.44. The Labute approximate surface area is 182 Å². The Bertz CT molecular complexity index is 1000. The number of carbonyl (C=O) groups is 1. The van der Waals surface area contributed by atoms with Gasteiger partial charge in [0.25, 0.3) is 0 Å². The Morgan fingerprint density at radius 1 is 1.03 bits per heavy atom. The van der Waals surface area contributed by atoms with Crippen LogP contribution in [0.3, 0.4) is 0 Å². The Morgan fingerprint density at radius 2 is 1.77 bits per heavy atom. The van der Waals surface area contributed by atoms with Gasteiger partial charge in [-0.1, -0.05) is 41.9 Å². The van der Waals surface area contributed by atoms with Crippen molar-refractivity contribution in [1.29, 1.82) is 0 Å². The zero-order valence-corrected chi connectivity index (χ0v) is 17.9. The molecule has 0 fully saturated rings. The van der Waals surface area contributed by atoms with Crippen LogP contribution in [-0.4, -0.2) is 38.2 Å². The van der Waals surface area contributed by atoms with Gasteiger partial charge in [0.1, 0.15) is 12.4 Å². The second-order valence-electron chi connectivity index (χ2n) is 7.36. The lowest BCUT2D eigenvalue weighted by Gasteiger charge is -2.16. The van der Waals surface area contributed by atoms with Gasteiger partial charge >= 0.3 is 6.03 Å². The van der Waals surface area contributed by atoms with Gasteiger partial charge < -0.3 is 20.7 Å². The van der Waals surface area contributed by atoms with Gasteiger partial charge in [0.2, 0.25) is 0 Å². The van der Waals surface area contributed by atoms with Crippen molar-refractivity contribution >= 4 is 23.3 Å². The van der Waals surface area contributed by atoms with Crippen LogP contribution in [0.25, 0.3) is 11.1 Å². The number of amides is 2. The topological polar surface area (TPSA) is 67.6 Å². The van der Waals surface area contributed by atoms with E-state index in [1.165, 1.54) is 0 Å². The van der Waals surface area contributed by atoms with Crippen molar-refractivity contribution in [3.8, 4) is 16.9 Å². The van der Waals surface area contributed by atoms with Crippen molar-refractivity contribution in [1.82, 2.24) is 4.90 Å². The fourth-order valence-corrected chi connectivity index (χ4v) is 3.31. The number of hydrogen-bond acceptors (Lipinski definition) is 3. The summed E-state index contributed by atoms with van der Waals surface area (Å²) in [6, 6.07) is 21.1. The minimum atomic E-state index is -0.571. The van der Waals surface area contributed by atoms with E-state index in [0.717, 1.165) is 41.0 Å². The van der Waals surface area contributed by atoms with Gasteiger partial charge in [0.05, 0.1) is 0 Å². The highest BCUT2D eigenvalue weighted by Gasteiger charge is 2.10. The third kappa shape index (κ3) is 6.24. The smallest absolute Gasteiger partial charge is 0.316 e. The number of rotatable bonds is 8. The van der Waals surface area contributed by atoms with Crippen LogP contribution in [-0.2, 0) is 6.42 Å². The first-order chi connectivity index (χ1) is 14.4. The van der Waals surface area contributed by atoms with Crippen LogP contribution < -0.4 is 15.8 Å². The molecule has 0 heterocycles. The van der Waals surface area contributed by atoms with Gasteiger partial charge in [0.15, 0.2) is 0 Å². The molecule has 0 aromatic heterocycles. The largest absolute Gasteiger partial charge is 0.492 e. The zero-order chi connectivity index (χ0) is 21.5. The number of primary amides is 1. The molecule has 30 heavy (non-hydrogen) atoms. The highest BCUT2D eigenvalue weighted by Crippen LogP contribution is 2.33. The molecule has 3 aromatic rings. The standard InChI is InChI=1S/C24H26ClN3O2/c1-28(2)12-13-30-23-11-8-18(15-22(23)19-4-3-5-20(25)16-19)14-17-6-9-21(10-7-17)27-24(26)29/h3-11,15-16H,12-14H2,1-2H3,(H3,26,27,29). The summed E-state index contributed by atoms with van der Waals surface area (Å²) >= 11 is 6.23. The number of anilines is 1. The fourth-order valence-electron chi connectivity index (χ4n) is 3.12. The lowest BCUT2D eigenvalue weighted by atomic mass is 9.98. The summed E-state index contributed by atoms with van der Waals surface area (Å²) in [4.78, 5) is 13.1. The third-order valence-electron chi connectivity index (χ3n) is 4.61. The monoisotopic (exact) mass is 423 g/mol. The number of ether oxygens (including phenoxy) is 1. The van der Waals surface area contributed by atoms with E-state index in [9.17, 15) is 4.79 Å². The van der Waals surface area contributed by atoms with E-state index in [2.05, 4.69) is 22.3 Å². The average Bonchev–Trinajstić information content (AvgIpc) is 2.70. The zero-order valence-electron chi connectivity index (χ0n) is 17.2. The first kappa shape index (κ1) is 21.7. The van der Waals surface area contributed by atoms with E-state index < -0.39 is 6.03 Å². The first-order valence-electron chi connectivity index (χ1n) is 9.72. The molecule has 3 N–H and O–H groups in total. The van der Waals surface area contributed by atoms with Crippen molar-refractivity contribution in [3.63, 3.8) is 0 Å². The van der Waals surface area contributed by atoms with Crippen molar-refractivity contribution in [2.45, 2.75) is 6.42 Å². The fraction of sp³-hybridized carbons (Fsp3) is 0.208. The quantitative estimate of drug-likeness (QED) is 0.534. The number of nitrogens with two attached hydrogens (primary N) is 1. The molecule has 0 saturated carbocycles. The number of carbonyl (C=O) groups excluding carboxylic acids is 1. The third-order valence-corrected chi connectivity index (χ3v) is 4.84. The lowest BCUT2D eigenvalue weighted by molar-refractivity contribution is 0.259. The molecule has 0 bridgehead atoms. The predicted molar refractivity (Wildman–Crippen MR) is 123 cm³/mol. The molecule has 3 rings (SSSR count). The maximum absolute atomic E-state index is 11.0. The van der Waals surface area contributed by atoms with E-state index in [1.54, 1.807) is 0 Å². The Hall–Kier alpha value is -3.02. The molecule has 0 atom stereocenters. The number of halogens is 1. The number of hydrogen-bond donors (Lipinski definition) is 2. The van der Waals surface area contributed by atoms with Gasteiger partial charge in [-0.25, -0.2) is 4.79 Å². The van der Waals surface area contributed by atoms with Crippen LogP contribution in [0.2, 0.25) is 5.02 Å². The summed E-state index contributed by atoms with van der Waals surface area (Å²) in [7, 11) is 4.04. The summed E-state index contributed by atoms with van der Waals surface area (Å²) < 4.78 is 6.06. The minimum Gasteiger partial charge on any atom is -0.492 e. The maximum atomic E-state index is 11.0. The maximum Gasteiger partial charge on any atom is 0.316 e. The van der Waals surface area contributed by atoms with Gasteiger partial charge in [-0.3, -0.25) is 0 Å². The summed E-state index contributed by atoms with van der Waals surface area (Å²) in [5.41, 5.74) is 10.2. The van der Waals surface area contributed by atoms with Crippen molar-refractivity contribution in [2.24, 2.45) is 5.73 Å². The van der Waals surface area contributed by atoms with Gasteiger partial charge in [-0.2, -0.15) is 0 Å². The SMILES string of the molecule is CN(C)CCOc1ccc(Cc2ccc(NC(N)=O)cc2)cc1-c1cccc(Cl)c1. The highest BCUT2D eigenvalue weighted by molar-refractivity contribution is 6.30. The Balaban J connectivity index is 1.85. The highest BCUT2D eigenvalue weighted by atomic mass is 35.5. The normalized spacial score (nSPS) is 10.8. The van der Waals surface area contributed by atoms with E-state index in [0.29, 0.717) is 17.3 Å². The van der Waals surface area contributed by atoms with E-state index >= 15 is 0 Å². The molecular weight excluding hydrogens is 398 g/mol. The van der Waals surface area contributed by atoms with Gasteiger partial charge in [-0.05, 0) is 73.6 Å². The van der Waals surface area contributed by atoms with E-state index in [4.69, 9.17) is 22.1 Å². The average molecular weight is 424 g/mol. The molecule has 2 amide bonds. The van der Waals surface area contributed by atoms with Crippen LogP contribution in [0, 0.1) is 0 Å². The molecule has 0 saturated heterocycles. The van der Waals surface area contributed by atoms with Crippen LogP contribution in [0.1, 0.15) is 11.1 Å². The molecular formula is C24H26ClN3O2. The van der Waals surface area contributed by atoms with Crippen LogP contribution >= 0.6 is 11.6 Å². The van der Waals surface area contributed by atoms with Crippen LogP contribution in [0.4, 0.5) is 10.5 Å². The van der Waals surface area contributed by atoms with Gasteiger partial charge in [-0.15, -0.1) is 0 Å². The van der Waals surface area contributed by atoms with Crippen molar-refractivity contribution in [3.05, 3.63) is 82.9 Å². The number of benzene rings is 3. The Kier molecular flexibility index (Phi) is 7.33. The summed E-state index contributed by atoms with van der Waals surface area (Å²) in [6.07, 6.45) is 0.752. The number of likely N-dealkylation sites (N-methyl/N-ethyl adjacent to an activating group) is 1. The number of nitrogens with zero attached hydrogens (tertiary/aromatic N) is 1. The van der Waals surface area contributed by atoms with E-state index in [1.807, 2.05) is 68.7 Å². The Morgan fingerprint density at radius 3 is 2.43 bits per heavy atom. The molecule has 0 aliphatic rings. The van der Waals surface area contributed by atoms with Crippen molar-refractivity contribution < 1.29 is 9.53 Å². The molecule has 0 radical (unpaired) electrons. The number of urea groups is 1. The molecule has 0 spiro atoms. The molecule has 156 valence electrons. The summed E-state index contributed by atoms with van der Waals surface area (Å²) in [5.74, 6) is 0.837.